The molecule has 0 spiro atoms. The van der Waals surface area contributed by atoms with Gasteiger partial charge in [0, 0.05) is 5.56 Å². The molecular weight excluding hydrogens is 250 g/mol. The minimum absolute atomic E-state index is 0.0203. The highest BCUT2D eigenvalue weighted by molar-refractivity contribution is 7.71. The van der Waals surface area contributed by atoms with Crippen LogP contribution in [0.5, 0.6) is 5.75 Å². The van der Waals surface area contributed by atoms with Crippen LogP contribution in [0.3, 0.4) is 0 Å². The van der Waals surface area contributed by atoms with Gasteiger partial charge in [0.2, 0.25) is 0 Å². The van der Waals surface area contributed by atoms with Crippen LogP contribution in [0.25, 0.3) is 11.3 Å². The van der Waals surface area contributed by atoms with E-state index in [0.717, 1.165) is 0 Å². The zero-order chi connectivity index (χ0) is 13.1. The van der Waals surface area contributed by atoms with Gasteiger partial charge in [-0.1, -0.05) is 12.1 Å². The van der Waals surface area contributed by atoms with Crippen LogP contribution >= 0.6 is 12.2 Å². The van der Waals surface area contributed by atoms with Gasteiger partial charge in [0.25, 0.3) is 5.56 Å². The highest BCUT2D eigenvalue weighted by atomic mass is 32.1. The van der Waals surface area contributed by atoms with Crippen LogP contribution < -0.4 is 10.3 Å². The molecule has 0 fully saturated rings. The maximum absolute atomic E-state index is 11.7. The summed E-state index contributed by atoms with van der Waals surface area (Å²) >= 11 is 4.91. The summed E-state index contributed by atoms with van der Waals surface area (Å²) in [5.74, 6) is 0.560. The van der Waals surface area contributed by atoms with Crippen molar-refractivity contribution in [2.24, 2.45) is 0 Å². The van der Waals surface area contributed by atoms with Gasteiger partial charge in [-0.2, -0.15) is 5.26 Å². The van der Waals surface area contributed by atoms with Gasteiger partial charge in [0.1, 0.15) is 17.4 Å². The Hall–Kier alpha value is -2.39. The second kappa shape index (κ2) is 4.85. The summed E-state index contributed by atoms with van der Waals surface area (Å²) in [6.07, 6.45) is 0. The molecule has 1 aromatic heterocycles. The van der Waals surface area contributed by atoms with Gasteiger partial charge in [0.05, 0.1) is 12.8 Å². The van der Waals surface area contributed by atoms with Crippen LogP contribution in [0, 0.1) is 16.1 Å². The Bertz CT molecular complexity index is 740. The van der Waals surface area contributed by atoms with Gasteiger partial charge in [0.15, 0.2) is 4.77 Å². The van der Waals surface area contributed by atoms with Crippen molar-refractivity contribution in [3.05, 3.63) is 45.0 Å². The first-order valence-electron chi connectivity index (χ1n) is 5.07. The molecule has 0 radical (unpaired) electrons. The van der Waals surface area contributed by atoms with Crippen molar-refractivity contribution in [1.82, 2.24) is 9.97 Å². The largest absolute Gasteiger partial charge is 0.496 e. The Morgan fingerprint density at radius 3 is 2.72 bits per heavy atom. The lowest BCUT2D eigenvalue weighted by molar-refractivity contribution is 0.416. The average Bonchev–Trinajstić information content (AvgIpc) is 2.38. The quantitative estimate of drug-likeness (QED) is 0.808. The molecule has 18 heavy (non-hydrogen) atoms. The molecule has 1 aromatic carbocycles. The van der Waals surface area contributed by atoms with Crippen LogP contribution in [0.1, 0.15) is 5.56 Å². The number of methoxy groups -OCH3 is 1. The summed E-state index contributed by atoms with van der Waals surface area (Å²) in [4.78, 5) is 16.9. The molecule has 2 rings (SSSR count). The fraction of sp³-hybridized carbons (Fsp3) is 0.0833. The van der Waals surface area contributed by atoms with Crippen molar-refractivity contribution < 1.29 is 4.74 Å². The van der Waals surface area contributed by atoms with Gasteiger partial charge in [-0.3, -0.25) is 9.78 Å². The summed E-state index contributed by atoms with van der Waals surface area (Å²) in [5, 5.41) is 9.05. The van der Waals surface area contributed by atoms with E-state index in [1.54, 1.807) is 24.3 Å². The number of rotatable bonds is 2. The van der Waals surface area contributed by atoms with E-state index < -0.39 is 5.56 Å². The Morgan fingerprint density at radius 2 is 2.06 bits per heavy atom. The van der Waals surface area contributed by atoms with Gasteiger partial charge >= 0.3 is 0 Å². The number of H-pyrrole nitrogens is 2. The molecule has 2 N–H and O–H groups in total. The maximum Gasteiger partial charge on any atom is 0.270 e. The second-order valence-electron chi connectivity index (χ2n) is 3.47. The van der Waals surface area contributed by atoms with E-state index in [1.807, 2.05) is 6.07 Å². The van der Waals surface area contributed by atoms with Crippen molar-refractivity contribution >= 4 is 12.2 Å². The van der Waals surface area contributed by atoms with Crippen molar-refractivity contribution in [3.8, 4) is 23.1 Å². The van der Waals surface area contributed by atoms with Gasteiger partial charge in [-0.05, 0) is 24.4 Å². The van der Waals surface area contributed by atoms with E-state index in [4.69, 9.17) is 22.2 Å². The third-order valence-electron chi connectivity index (χ3n) is 2.43. The molecule has 0 amide bonds. The monoisotopic (exact) mass is 259 g/mol. The zero-order valence-electron chi connectivity index (χ0n) is 9.48. The van der Waals surface area contributed by atoms with Crippen molar-refractivity contribution in [2.75, 3.05) is 7.11 Å². The van der Waals surface area contributed by atoms with E-state index in [0.29, 0.717) is 17.0 Å². The SMILES string of the molecule is COc1ccccc1-c1[nH]c(=S)[nH]c(=O)c1C#N. The first-order valence-corrected chi connectivity index (χ1v) is 5.48. The smallest absolute Gasteiger partial charge is 0.270 e. The summed E-state index contributed by atoms with van der Waals surface area (Å²) in [6.45, 7) is 0. The lowest BCUT2D eigenvalue weighted by atomic mass is 10.1. The van der Waals surface area contributed by atoms with Crippen LogP contribution in [0.2, 0.25) is 0 Å². The number of nitrogens with one attached hydrogen (secondary N) is 2. The first kappa shape index (κ1) is 12.1. The van der Waals surface area contributed by atoms with Crippen molar-refractivity contribution in [3.63, 3.8) is 0 Å². The number of benzene rings is 1. The minimum Gasteiger partial charge on any atom is -0.496 e. The van der Waals surface area contributed by atoms with E-state index in [1.165, 1.54) is 7.11 Å². The average molecular weight is 259 g/mol. The third-order valence-corrected chi connectivity index (χ3v) is 2.63. The molecule has 5 nitrogen and oxygen atoms in total. The number of para-hydroxylation sites is 1. The number of nitrogens with zero attached hydrogens (tertiary/aromatic N) is 1. The molecule has 0 bridgehead atoms. The molecule has 0 aliphatic carbocycles. The van der Waals surface area contributed by atoms with E-state index in [9.17, 15) is 4.79 Å². The summed E-state index contributed by atoms with van der Waals surface area (Å²) < 4.78 is 5.37. The lowest BCUT2D eigenvalue weighted by Gasteiger charge is -2.08. The Labute approximate surface area is 108 Å². The molecule has 6 heteroatoms. The molecule has 2 aromatic rings. The van der Waals surface area contributed by atoms with Crippen LogP contribution in [-0.4, -0.2) is 17.1 Å². The first-order chi connectivity index (χ1) is 8.67. The molecule has 0 saturated carbocycles. The van der Waals surface area contributed by atoms with Gasteiger partial charge in [-0.25, -0.2) is 0 Å². The Kier molecular flexibility index (Phi) is 3.26. The van der Waals surface area contributed by atoms with E-state index in [2.05, 4.69) is 9.97 Å². The maximum atomic E-state index is 11.7. The minimum atomic E-state index is -0.512. The van der Waals surface area contributed by atoms with Gasteiger partial charge < -0.3 is 9.72 Å². The summed E-state index contributed by atoms with van der Waals surface area (Å²) in [5.41, 5.74) is 0.452. The van der Waals surface area contributed by atoms with Gasteiger partial charge in [-0.15, -0.1) is 0 Å². The van der Waals surface area contributed by atoms with E-state index >= 15 is 0 Å². The highest BCUT2D eigenvalue weighted by Gasteiger charge is 2.13. The van der Waals surface area contributed by atoms with Crippen LogP contribution in [-0.2, 0) is 0 Å². The molecule has 1 heterocycles. The number of aromatic amines is 2. The zero-order valence-corrected chi connectivity index (χ0v) is 10.3. The topological polar surface area (TPSA) is 81.7 Å². The number of hydrogen-bond acceptors (Lipinski definition) is 4. The second-order valence-corrected chi connectivity index (χ2v) is 3.88. The lowest BCUT2D eigenvalue weighted by Crippen LogP contribution is -2.13. The molecule has 0 unspecified atom stereocenters. The standard InChI is InChI=1S/C12H9N3O2S/c1-17-9-5-3-2-4-7(9)10-8(6-13)11(16)15-12(18)14-10/h2-5H,1H3,(H2,14,15,16,18). The Balaban J connectivity index is 2.83. The number of hydrogen-bond donors (Lipinski definition) is 2. The fourth-order valence-corrected chi connectivity index (χ4v) is 1.84. The summed E-state index contributed by atoms with van der Waals surface area (Å²) in [6, 6.07) is 8.95. The number of nitriles is 1. The van der Waals surface area contributed by atoms with Crippen LogP contribution in [0.4, 0.5) is 0 Å². The predicted octanol–water partition coefficient (Wildman–Crippen LogP) is 1.98. The van der Waals surface area contributed by atoms with E-state index in [-0.39, 0.29) is 10.3 Å². The normalized spacial score (nSPS) is 9.78. The Morgan fingerprint density at radius 1 is 1.33 bits per heavy atom. The van der Waals surface area contributed by atoms with Crippen LogP contribution in [0.15, 0.2) is 29.1 Å². The number of ether oxygens (including phenoxy) is 1. The molecule has 0 aliphatic heterocycles. The number of aromatic nitrogens is 2. The molecule has 0 saturated heterocycles. The fourth-order valence-electron chi connectivity index (χ4n) is 1.65. The predicted molar refractivity (Wildman–Crippen MR) is 69.0 cm³/mol. The van der Waals surface area contributed by atoms with Crippen molar-refractivity contribution in [1.29, 1.82) is 5.26 Å². The molecule has 0 aliphatic rings. The molecule has 0 atom stereocenters. The molecular formula is C12H9N3O2S. The van der Waals surface area contributed by atoms with Crippen molar-refractivity contribution in [2.45, 2.75) is 0 Å². The third kappa shape index (κ3) is 2.04. The molecule has 90 valence electrons. The highest BCUT2D eigenvalue weighted by Crippen LogP contribution is 2.28. The summed E-state index contributed by atoms with van der Waals surface area (Å²) in [7, 11) is 1.52.